The number of fused-ring (bicyclic) bond motifs is 3. The van der Waals surface area contributed by atoms with Crippen LogP contribution in [0.25, 0.3) is 22.0 Å². The van der Waals surface area contributed by atoms with Crippen LogP contribution in [0.4, 0.5) is 0 Å². The van der Waals surface area contributed by atoms with Gasteiger partial charge in [-0.25, -0.2) is 0 Å². The molecule has 0 fully saturated rings. The third-order valence-electron chi connectivity index (χ3n) is 3.36. The highest BCUT2D eigenvalue weighted by molar-refractivity contribution is 6.18. The Morgan fingerprint density at radius 2 is 1.95 bits per heavy atom. The van der Waals surface area contributed by atoms with Crippen molar-refractivity contribution in [2.45, 2.75) is 13.3 Å². The summed E-state index contributed by atoms with van der Waals surface area (Å²) in [4.78, 5) is 15.6. The minimum absolute atomic E-state index is 0.00417. The predicted octanol–water partition coefficient (Wildman–Crippen LogP) is 3.41. The van der Waals surface area contributed by atoms with Gasteiger partial charge in [-0.3, -0.25) is 4.79 Å². The van der Waals surface area contributed by atoms with E-state index in [1.54, 1.807) is 0 Å². The van der Waals surface area contributed by atoms with E-state index < -0.39 is 0 Å². The molecule has 3 rings (SSSR count). The van der Waals surface area contributed by atoms with Gasteiger partial charge in [0.1, 0.15) is 0 Å². The molecule has 0 unspecified atom stereocenters. The summed E-state index contributed by atoms with van der Waals surface area (Å²) in [5.74, 6) is -0.00417. The second-order valence-electron chi connectivity index (χ2n) is 4.64. The number of hydrogen-bond acceptors (Lipinski definition) is 1. The second-order valence-corrected chi connectivity index (χ2v) is 4.64. The van der Waals surface area contributed by atoms with Gasteiger partial charge in [-0.05, 0) is 23.3 Å². The van der Waals surface area contributed by atoms with E-state index in [0.717, 1.165) is 34.0 Å². The Morgan fingerprint density at radius 3 is 2.74 bits per heavy atom. The SMILES string of the molecule is CCCNC(=O)c1c2[nH]cccc-2c2ccccc12. The summed E-state index contributed by atoms with van der Waals surface area (Å²) in [5, 5.41) is 5.09. The molecule has 2 N–H and O–H groups in total. The molecule has 3 heteroatoms. The lowest BCUT2D eigenvalue weighted by molar-refractivity contribution is 0.0956. The summed E-state index contributed by atoms with van der Waals surface area (Å²) in [5.41, 5.74) is 2.76. The van der Waals surface area contributed by atoms with E-state index in [4.69, 9.17) is 0 Å². The number of benzene rings is 1. The summed E-state index contributed by atoms with van der Waals surface area (Å²) in [7, 11) is 0. The van der Waals surface area contributed by atoms with E-state index in [-0.39, 0.29) is 5.91 Å². The summed E-state index contributed by atoms with van der Waals surface area (Å²) in [6.07, 6.45) is 2.80. The largest absolute Gasteiger partial charge is 0.361 e. The van der Waals surface area contributed by atoms with Crippen LogP contribution in [0.2, 0.25) is 0 Å². The van der Waals surface area contributed by atoms with Crippen LogP contribution in [-0.4, -0.2) is 17.4 Å². The Labute approximate surface area is 112 Å². The number of amides is 1. The first-order valence-electron chi connectivity index (χ1n) is 6.59. The molecule has 0 bridgehead atoms. The number of pyridine rings is 1. The molecule has 1 aliphatic carbocycles. The molecule has 0 aromatic heterocycles. The van der Waals surface area contributed by atoms with Crippen LogP contribution >= 0.6 is 0 Å². The highest BCUT2D eigenvalue weighted by Crippen LogP contribution is 2.37. The molecule has 0 saturated carbocycles. The lowest BCUT2D eigenvalue weighted by Gasteiger charge is -2.05. The molecule has 2 aliphatic rings. The fourth-order valence-electron chi connectivity index (χ4n) is 2.50. The van der Waals surface area contributed by atoms with Crippen LogP contribution < -0.4 is 5.32 Å². The van der Waals surface area contributed by atoms with Gasteiger partial charge in [0.15, 0.2) is 0 Å². The van der Waals surface area contributed by atoms with Crippen molar-refractivity contribution in [2.24, 2.45) is 0 Å². The van der Waals surface area contributed by atoms with Crippen LogP contribution in [0.15, 0.2) is 42.6 Å². The molecule has 0 spiro atoms. The predicted molar refractivity (Wildman–Crippen MR) is 77.5 cm³/mol. The van der Waals surface area contributed by atoms with Crippen LogP contribution in [0.5, 0.6) is 0 Å². The first-order chi connectivity index (χ1) is 9.33. The van der Waals surface area contributed by atoms with E-state index in [0.29, 0.717) is 6.54 Å². The monoisotopic (exact) mass is 252 g/mol. The lowest BCUT2D eigenvalue weighted by Crippen LogP contribution is -2.24. The number of hydrogen-bond donors (Lipinski definition) is 2. The molecule has 1 aromatic rings. The Bertz CT molecular complexity index is 699. The molecule has 3 nitrogen and oxygen atoms in total. The number of rotatable bonds is 3. The van der Waals surface area contributed by atoms with Gasteiger partial charge in [-0.2, -0.15) is 0 Å². The Kier molecular flexibility index (Phi) is 2.95. The van der Waals surface area contributed by atoms with Crippen molar-refractivity contribution in [1.82, 2.24) is 10.3 Å². The van der Waals surface area contributed by atoms with E-state index in [9.17, 15) is 4.79 Å². The van der Waals surface area contributed by atoms with Crippen LogP contribution in [0.1, 0.15) is 23.7 Å². The van der Waals surface area contributed by atoms with E-state index in [1.165, 1.54) is 0 Å². The molecule has 19 heavy (non-hydrogen) atoms. The molecule has 1 amide bonds. The fourth-order valence-corrected chi connectivity index (χ4v) is 2.50. The molecule has 0 saturated heterocycles. The third-order valence-corrected chi connectivity index (χ3v) is 3.36. The topological polar surface area (TPSA) is 44.9 Å². The van der Waals surface area contributed by atoms with Gasteiger partial charge in [0.25, 0.3) is 5.91 Å². The number of aromatic nitrogens is 1. The van der Waals surface area contributed by atoms with Crippen LogP contribution in [0, 0.1) is 0 Å². The average molecular weight is 252 g/mol. The summed E-state index contributed by atoms with van der Waals surface area (Å²) in [6, 6.07) is 12.0. The smallest absolute Gasteiger partial charge is 0.254 e. The maximum absolute atomic E-state index is 12.4. The summed E-state index contributed by atoms with van der Waals surface area (Å²) >= 11 is 0. The first kappa shape index (κ1) is 11.8. The minimum atomic E-state index is -0.00417. The van der Waals surface area contributed by atoms with E-state index in [1.807, 2.05) is 43.5 Å². The zero-order chi connectivity index (χ0) is 13.2. The quantitative estimate of drug-likeness (QED) is 0.737. The van der Waals surface area contributed by atoms with E-state index in [2.05, 4.69) is 16.4 Å². The van der Waals surface area contributed by atoms with Crippen molar-refractivity contribution in [3.63, 3.8) is 0 Å². The highest BCUT2D eigenvalue weighted by Gasteiger charge is 2.21. The first-order valence-corrected chi connectivity index (χ1v) is 6.59. The maximum Gasteiger partial charge on any atom is 0.254 e. The molecule has 1 heterocycles. The zero-order valence-corrected chi connectivity index (χ0v) is 10.9. The normalized spacial score (nSPS) is 11.0. The fraction of sp³-hybridized carbons (Fsp3) is 0.188. The van der Waals surface area contributed by atoms with Crippen LogP contribution in [0.3, 0.4) is 0 Å². The van der Waals surface area contributed by atoms with Gasteiger partial charge in [-0.1, -0.05) is 37.3 Å². The van der Waals surface area contributed by atoms with Crippen molar-refractivity contribution in [1.29, 1.82) is 0 Å². The van der Waals surface area contributed by atoms with Gasteiger partial charge < -0.3 is 10.3 Å². The molecule has 0 atom stereocenters. The van der Waals surface area contributed by atoms with Gasteiger partial charge in [-0.15, -0.1) is 0 Å². The van der Waals surface area contributed by atoms with Crippen molar-refractivity contribution >= 4 is 16.7 Å². The van der Waals surface area contributed by atoms with Crippen molar-refractivity contribution < 1.29 is 4.79 Å². The molecular formula is C16H16N2O. The van der Waals surface area contributed by atoms with Gasteiger partial charge >= 0.3 is 0 Å². The standard InChI is InChI=1S/C16H16N2O/c1-2-9-18-16(19)14-12-7-4-3-6-11(12)13-8-5-10-17-15(13)14/h3-8,10,17H,2,9H2,1H3,(H,18,19). The molecule has 1 aliphatic heterocycles. The number of aromatic amines is 1. The summed E-state index contributed by atoms with van der Waals surface area (Å²) in [6.45, 7) is 2.75. The van der Waals surface area contributed by atoms with Gasteiger partial charge in [0.05, 0.1) is 11.3 Å². The van der Waals surface area contributed by atoms with Crippen LogP contribution in [-0.2, 0) is 0 Å². The average Bonchev–Trinajstić information content (AvgIpc) is 2.79. The maximum atomic E-state index is 12.4. The van der Waals surface area contributed by atoms with Gasteiger partial charge in [0, 0.05) is 18.3 Å². The number of nitrogens with one attached hydrogen (secondary N) is 2. The molecular weight excluding hydrogens is 236 g/mol. The number of H-pyrrole nitrogens is 1. The highest BCUT2D eigenvalue weighted by atomic mass is 16.1. The zero-order valence-electron chi connectivity index (χ0n) is 10.9. The number of carbonyl (C=O) groups is 1. The third kappa shape index (κ3) is 1.87. The van der Waals surface area contributed by atoms with E-state index >= 15 is 0 Å². The molecule has 96 valence electrons. The molecule has 0 radical (unpaired) electrons. The van der Waals surface area contributed by atoms with Crippen molar-refractivity contribution in [2.75, 3.05) is 6.54 Å². The second kappa shape index (κ2) is 4.76. The van der Waals surface area contributed by atoms with Gasteiger partial charge in [0.2, 0.25) is 0 Å². The lowest BCUT2D eigenvalue weighted by atomic mass is 10.1. The Hall–Kier alpha value is -2.29. The number of carbonyl (C=O) groups excluding carboxylic acids is 1. The molecule has 1 aromatic carbocycles. The Balaban J connectivity index is 2.23. The summed E-state index contributed by atoms with van der Waals surface area (Å²) < 4.78 is 0. The van der Waals surface area contributed by atoms with Crippen molar-refractivity contribution in [3.8, 4) is 11.3 Å². The van der Waals surface area contributed by atoms with Crippen molar-refractivity contribution in [3.05, 3.63) is 48.2 Å². The minimum Gasteiger partial charge on any atom is -0.361 e. The Morgan fingerprint density at radius 1 is 1.16 bits per heavy atom.